The van der Waals surface area contributed by atoms with Crippen LogP contribution in [0.5, 0.6) is 0 Å². The lowest BCUT2D eigenvalue weighted by molar-refractivity contribution is 0.463. The van der Waals surface area contributed by atoms with E-state index < -0.39 is 5.41 Å². The second-order valence-corrected chi connectivity index (χ2v) is 6.26. The first-order valence-electron chi connectivity index (χ1n) is 7.79. The zero-order valence-corrected chi connectivity index (χ0v) is 12.5. The summed E-state index contributed by atoms with van der Waals surface area (Å²) in [6.45, 7) is 2.29. The van der Waals surface area contributed by atoms with Crippen LogP contribution >= 0.6 is 0 Å². The maximum absolute atomic E-state index is 9.75. The van der Waals surface area contributed by atoms with Crippen LogP contribution in [0.3, 0.4) is 0 Å². The van der Waals surface area contributed by atoms with E-state index in [1.165, 1.54) is 23.1 Å². The number of rotatable bonds is 2. The van der Waals surface area contributed by atoms with Crippen molar-refractivity contribution in [2.45, 2.75) is 32.6 Å². The average molecular weight is 275 g/mol. The Bertz CT molecular complexity index is 642. The third-order valence-corrected chi connectivity index (χ3v) is 4.74. The summed E-state index contributed by atoms with van der Waals surface area (Å²) >= 11 is 0. The largest absolute Gasteiger partial charge is 0.197 e. The molecule has 0 aliphatic heterocycles. The maximum atomic E-state index is 9.75. The molecule has 1 heteroatoms. The summed E-state index contributed by atoms with van der Waals surface area (Å²) in [5, 5.41) is 9.75. The van der Waals surface area contributed by atoms with E-state index in [0.29, 0.717) is 0 Å². The molecule has 1 nitrogen and oxygen atoms in total. The average Bonchev–Trinajstić information content (AvgIpc) is 2.56. The highest BCUT2D eigenvalue weighted by molar-refractivity contribution is 5.76. The minimum atomic E-state index is -0.404. The van der Waals surface area contributed by atoms with Crippen molar-refractivity contribution in [2.24, 2.45) is 11.3 Å². The third-order valence-electron chi connectivity index (χ3n) is 4.74. The lowest BCUT2D eigenvalue weighted by Gasteiger charge is -2.31. The van der Waals surface area contributed by atoms with Crippen molar-refractivity contribution in [1.29, 1.82) is 5.26 Å². The topological polar surface area (TPSA) is 23.8 Å². The van der Waals surface area contributed by atoms with Crippen molar-refractivity contribution in [2.75, 3.05) is 0 Å². The van der Waals surface area contributed by atoms with Gasteiger partial charge in [0, 0.05) is 0 Å². The van der Waals surface area contributed by atoms with E-state index in [4.69, 9.17) is 0 Å². The molecule has 0 amide bonds. The van der Waals surface area contributed by atoms with Gasteiger partial charge in [0.25, 0.3) is 0 Å². The molecule has 0 fully saturated rings. The molecule has 106 valence electrons. The molecule has 21 heavy (non-hydrogen) atoms. The minimum absolute atomic E-state index is 0.404. The normalized spacial score (nSPS) is 28.5. The van der Waals surface area contributed by atoms with Crippen LogP contribution in [0.4, 0.5) is 0 Å². The summed E-state index contributed by atoms with van der Waals surface area (Å²) in [5.41, 5.74) is 3.37. The Morgan fingerprint density at radius 3 is 2.57 bits per heavy atom. The van der Waals surface area contributed by atoms with E-state index in [2.05, 4.69) is 61.6 Å². The highest BCUT2D eigenvalue weighted by Crippen LogP contribution is 2.43. The highest BCUT2D eigenvalue weighted by atomic mass is 14.4. The second-order valence-electron chi connectivity index (χ2n) is 6.26. The third kappa shape index (κ3) is 2.72. The molecule has 2 unspecified atom stereocenters. The summed E-state index contributed by atoms with van der Waals surface area (Å²) in [7, 11) is 0. The molecule has 2 atom stereocenters. The first-order chi connectivity index (χ1) is 10.2. The van der Waals surface area contributed by atoms with Gasteiger partial charge >= 0.3 is 0 Å². The van der Waals surface area contributed by atoms with E-state index in [9.17, 15) is 5.26 Å². The van der Waals surface area contributed by atoms with Gasteiger partial charge in [-0.2, -0.15) is 5.26 Å². The predicted molar refractivity (Wildman–Crippen MR) is 87.3 cm³/mol. The maximum Gasteiger partial charge on any atom is 0.100 e. The standard InChI is InChI=1S/C20H21N/c1-16-7-9-19(10-8-16)20(15-21)13-11-18(12-14-20)17-5-3-2-4-6-17/h2-6,9,11-13,16H,7-8,10,14H2,1H3. The Kier molecular flexibility index (Phi) is 3.80. The van der Waals surface area contributed by atoms with E-state index in [0.717, 1.165) is 25.2 Å². The van der Waals surface area contributed by atoms with Gasteiger partial charge in [0.05, 0.1) is 6.07 Å². The smallest absolute Gasteiger partial charge is 0.100 e. The fourth-order valence-electron chi connectivity index (χ4n) is 3.25. The minimum Gasteiger partial charge on any atom is -0.197 e. The van der Waals surface area contributed by atoms with Gasteiger partial charge in [0.15, 0.2) is 0 Å². The molecule has 0 heterocycles. The monoisotopic (exact) mass is 275 g/mol. The molecule has 1 aromatic rings. The summed E-state index contributed by atoms with van der Waals surface area (Å²) < 4.78 is 0. The SMILES string of the molecule is CC1CC=C(C2(C#N)C=CC(c3ccccc3)=CC2)CC1. The molecule has 0 saturated carbocycles. The lowest BCUT2D eigenvalue weighted by atomic mass is 9.70. The van der Waals surface area contributed by atoms with Gasteiger partial charge in [0.2, 0.25) is 0 Å². The van der Waals surface area contributed by atoms with E-state index in [-0.39, 0.29) is 0 Å². The van der Waals surface area contributed by atoms with Gasteiger partial charge in [-0.05, 0) is 48.3 Å². The van der Waals surface area contributed by atoms with Crippen molar-refractivity contribution in [3.63, 3.8) is 0 Å². The lowest BCUT2D eigenvalue weighted by Crippen LogP contribution is -2.22. The molecule has 0 saturated heterocycles. The molecule has 2 aliphatic rings. The van der Waals surface area contributed by atoms with Gasteiger partial charge in [-0.3, -0.25) is 0 Å². The van der Waals surface area contributed by atoms with Crippen LogP contribution in [0.15, 0.2) is 60.2 Å². The number of hydrogen-bond donors (Lipinski definition) is 0. The van der Waals surface area contributed by atoms with Gasteiger partial charge in [-0.25, -0.2) is 0 Å². The molecule has 0 N–H and O–H groups in total. The van der Waals surface area contributed by atoms with Gasteiger partial charge in [-0.15, -0.1) is 0 Å². The fraction of sp³-hybridized carbons (Fsp3) is 0.350. The predicted octanol–water partition coefficient (Wildman–Crippen LogP) is 5.29. The Labute approximate surface area is 127 Å². The molecule has 0 spiro atoms. The van der Waals surface area contributed by atoms with E-state index in [1.54, 1.807) is 0 Å². The van der Waals surface area contributed by atoms with Crippen molar-refractivity contribution in [3.05, 3.63) is 65.8 Å². The van der Waals surface area contributed by atoms with E-state index >= 15 is 0 Å². The molecule has 2 aliphatic carbocycles. The Morgan fingerprint density at radius 2 is 2.00 bits per heavy atom. The second kappa shape index (κ2) is 5.74. The van der Waals surface area contributed by atoms with Crippen LogP contribution in [0.25, 0.3) is 5.57 Å². The molecule has 0 aromatic heterocycles. The molecule has 3 rings (SSSR count). The summed E-state index contributed by atoms with van der Waals surface area (Å²) in [6.07, 6.45) is 13.0. The molecule has 0 bridgehead atoms. The van der Waals surface area contributed by atoms with Gasteiger partial charge < -0.3 is 0 Å². The van der Waals surface area contributed by atoms with Crippen LogP contribution in [0, 0.1) is 22.7 Å². The molecule has 1 aromatic carbocycles. The zero-order chi connectivity index (χ0) is 14.7. The first kappa shape index (κ1) is 13.9. The first-order valence-corrected chi connectivity index (χ1v) is 7.79. The van der Waals surface area contributed by atoms with Crippen molar-refractivity contribution >= 4 is 5.57 Å². The highest BCUT2D eigenvalue weighted by Gasteiger charge is 2.33. The van der Waals surface area contributed by atoms with Gasteiger partial charge in [0.1, 0.15) is 5.41 Å². The van der Waals surface area contributed by atoms with Crippen LogP contribution in [0.1, 0.15) is 38.2 Å². The van der Waals surface area contributed by atoms with Crippen LogP contribution < -0.4 is 0 Å². The van der Waals surface area contributed by atoms with E-state index in [1.807, 2.05) is 6.07 Å². The van der Waals surface area contributed by atoms with Crippen LogP contribution in [-0.2, 0) is 0 Å². The van der Waals surface area contributed by atoms with Crippen molar-refractivity contribution < 1.29 is 0 Å². The molecule has 0 radical (unpaired) electrons. The van der Waals surface area contributed by atoms with Gasteiger partial charge in [-0.1, -0.05) is 61.6 Å². The number of hydrogen-bond acceptors (Lipinski definition) is 1. The number of nitriles is 1. The summed E-state index contributed by atoms with van der Waals surface area (Å²) in [5.74, 6) is 0.757. The number of allylic oxidation sites excluding steroid dienone is 6. The Hall–Kier alpha value is -2.07. The Morgan fingerprint density at radius 1 is 1.19 bits per heavy atom. The summed E-state index contributed by atoms with van der Waals surface area (Å²) in [4.78, 5) is 0. The van der Waals surface area contributed by atoms with Crippen LogP contribution in [-0.4, -0.2) is 0 Å². The van der Waals surface area contributed by atoms with Crippen molar-refractivity contribution in [1.82, 2.24) is 0 Å². The molecular weight excluding hydrogens is 254 g/mol. The zero-order valence-electron chi connectivity index (χ0n) is 12.5. The summed E-state index contributed by atoms with van der Waals surface area (Å²) in [6, 6.07) is 13.0. The quantitative estimate of drug-likeness (QED) is 0.673. The fourth-order valence-corrected chi connectivity index (χ4v) is 3.25. The van der Waals surface area contributed by atoms with Crippen molar-refractivity contribution in [3.8, 4) is 6.07 Å². The number of nitrogens with zero attached hydrogens (tertiary/aromatic N) is 1. The van der Waals surface area contributed by atoms with Crippen LogP contribution in [0.2, 0.25) is 0 Å². The number of benzene rings is 1. The molecular formula is C20H21N. The Balaban J connectivity index is 1.85.